The number of anilines is 4. The van der Waals surface area contributed by atoms with Crippen LogP contribution < -0.4 is 10.6 Å². The molecule has 6 nitrogen and oxygen atoms in total. The third kappa shape index (κ3) is 4.98. The molecule has 0 aliphatic carbocycles. The maximum absolute atomic E-state index is 4.85. The lowest BCUT2D eigenvalue weighted by molar-refractivity contribution is 0.806. The maximum atomic E-state index is 4.85. The molecule has 0 saturated carbocycles. The molecule has 0 amide bonds. The molecule has 40 heavy (non-hydrogen) atoms. The second-order valence-corrected chi connectivity index (χ2v) is 9.69. The van der Waals surface area contributed by atoms with Gasteiger partial charge < -0.3 is 15.2 Å². The Hall–Kier alpha value is -5.49. The zero-order valence-corrected chi connectivity index (χ0v) is 21.7. The summed E-state index contributed by atoms with van der Waals surface area (Å²) in [4.78, 5) is 14.5. The molecule has 2 heterocycles. The van der Waals surface area contributed by atoms with Crippen molar-refractivity contribution in [3.05, 3.63) is 139 Å². The van der Waals surface area contributed by atoms with Gasteiger partial charge in [-0.25, -0.2) is 0 Å². The number of aromatic nitrogens is 4. The van der Waals surface area contributed by atoms with E-state index in [1.807, 2.05) is 54.6 Å². The zero-order chi connectivity index (χ0) is 26.7. The molecule has 0 fully saturated rings. The largest absolute Gasteiger partial charge is 0.341 e. The molecule has 192 valence electrons. The second kappa shape index (κ2) is 10.3. The van der Waals surface area contributed by atoms with Gasteiger partial charge in [0, 0.05) is 24.1 Å². The summed E-state index contributed by atoms with van der Waals surface area (Å²) in [6.45, 7) is 0.718. The van der Waals surface area contributed by atoms with Gasteiger partial charge in [0.15, 0.2) is 5.82 Å². The van der Waals surface area contributed by atoms with Gasteiger partial charge in [0.2, 0.25) is 11.9 Å². The van der Waals surface area contributed by atoms with E-state index >= 15 is 0 Å². The van der Waals surface area contributed by atoms with E-state index in [1.54, 1.807) is 0 Å². The van der Waals surface area contributed by atoms with Crippen molar-refractivity contribution in [1.29, 1.82) is 0 Å². The smallest absolute Gasteiger partial charge is 0.232 e. The molecule has 0 atom stereocenters. The quantitative estimate of drug-likeness (QED) is 0.223. The maximum Gasteiger partial charge on any atom is 0.232 e. The fraction of sp³-hybridized carbons (Fsp3) is 0.0294. The van der Waals surface area contributed by atoms with Gasteiger partial charge >= 0.3 is 0 Å². The van der Waals surface area contributed by atoms with Crippen molar-refractivity contribution in [2.75, 3.05) is 10.6 Å². The Kier molecular flexibility index (Phi) is 6.11. The number of hydrogen-bond acceptors (Lipinski definition) is 5. The van der Waals surface area contributed by atoms with Crippen molar-refractivity contribution >= 4 is 44.8 Å². The van der Waals surface area contributed by atoms with Crippen LogP contribution in [-0.4, -0.2) is 19.5 Å². The standard InChI is InChI=1S/C34H26N6/c1-2-9-24(10-3-1)23-40-20-8-15-31(40)32-37-33(35-29-18-16-25-11-4-6-13-27(25)21-29)39-34(38-32)36-30-19-17-26-12-5-7-14-28(26)22-30/h1-22H,23H2,(H2,35,36,37,38,39). The molecule has 5 aromatic carbocycles. The molecule has 6 heteroatoms. The van der Waals surface area contributed by atoms with Gasteiger partial charge in [-0.2, -0.15) is 15.0 Å². The van der Waals surface area contributed by atoms with Gasteiger partial charge in [-0.1, -0.05) is 91.0 Å². The van der Waals surface area contributed by atoms with Gasteiger partial charge in [-0.15, -0.1) is 0 Å². The summed E-state index contributed by atoms with van der Waals surface area (Å²) in [5.41, 5.74) is 3.94. The van der Waals surface area contributed by atoms with E-state index in [-0.39, 0.29) is 0 Å². The third-order valence-electron chi connectivity index (χ3n) is 6.90. The van der Waals surface area contributed by atoms with Crippen molar-refractivity contribution in [3.63, 3.8) is 0 Å². The van der Waals surface area contributed by atoms with Gasteiger partial charge in [-0.05, 0) is 63.5 Å². The first kappa shape index (κ1) is 23.6. The predicted molar refractivity (Wildman–Crippen MR) is 163 cm³/mol. The SMILES string of the molecule is c1ccc(Cn2cccc2-c2nc(Nc3ccc4ccccc4c3)nc(Nc3ccc4ccccc4c3)n2)cc1. The van der Waals surface area contributed by atoms with E-state index in [1.165, 1.54) is 16.3 Å². The van der Waals surface area contributed by atoms with Crippen LogP contribution >= 0.6 is 0 Å². The topological polar surface area (TPSA) is 67.7 Å². The highest BCUT2D eigenvalue weighted by Crippen LogP contribution is 2.26. The molecule has 2 N–H and O–H groups in total. The molecular formula is C34H26N6. The fourth-order valence-electron chi connectivity index (χ4n) is 4.93. The minimum Gasteiger partial charge on any atom is -0.341 e. The monoisotopic (exact) mass is 518 g/mol. The first-order chi connectivity index (χ1) is 19.8. The second-order valence-electron chi connectivity index (χ2n) is 9.69. The Morgan fingerprint density at radius 1 is 0.500 bits per heavy atom. The highest BCUT2D eigenvalue weighted by molar-refractivity contribution is 5.87. The highest BCUT2D eigenvalue weighted by atomic mass is 15.2. The van der Waals surface area contributed by atoms with E-state index < -0.39 is 0 Å². The van der Waals surface area contributed by atoms with Gasteiger partial charge in [-0.3, -0.25) is 0 Å². The van der Waals surface area contributed by atoms with E-state index in [2.05, 4.69) is 94.2 Å². The van der Waals surface area contributed by atoms with Crippen molar-refractivity contribution in [2.24, 2.45) is 0 Å². The predicted octanol–water partition coefficient (Wildman–Crippen LogP) is 8.18. The van der Waals surface area contributed by atoms with Crippen molar-refractivity contribution < 1.29 is 0 Å². The van der Waals surface area contributed by atoms with Crippen LogP contribution in [0.2, 0.25) is 0 Å². The van der Waals surface area contributed by atoms with Gasteiger partial charge in [0.25, 0.3) is 0 Å². The zero-order valence-electron chi connectivity index (χ0n) is 21.7. The number of fused-ring (bicyclic) bond motifs is 2. The summed E-state index contributed by atoms with van der Waals surface area (Å²) in [5.74, 6) is 1.52. The van der Waals surface area contributed by atoms with E-state index in [0.29, 0.717) is 17.7 Å². The summed E-state index contributed by atoms with van der Waals surface area (Å²) in [6, 6.07) is 43.5. The van der Waals surface area contributed by atoms with E-state index in [4.69, 9.17) is 15.0 Å². The van der Waals surface area contributed by atoms with Crippen molar-refractivity contribution in [2.45, 2.75) is 6.54 Å². The summed E-state index contributed by atoms with van der Waals surface area (Å²) in [7, 11) is 0. The highest BCUT2D eigenvalue weighted by Gasteiger charge is 2.14. The number of benzene rings is 5. The molecule has 7 rings (SSSR count). The molecular weight excluding hydrogens is 492 g/mol. The number of rotatable bonds is 7. The molecule has 0 spiro atoms. The van der Waals surface area contributed by atoms with Crippen molar-refractivity contribution in [1.82, 2.24) is 19.5 Å². The summed E-state index contributed by atoms with van der Waals surface area (Å²) in [6.07, 6.45) is 2.05. The van der Waals surface area contributed by atoms with Crippen LogP contribution in [-0.2, 0) is 6.54 Å². The first-order valence-electron chi connectivity index (χ1n) is 13.2. The lowest BCUT2D eigenvalue weighted by Gasteiger charge is -2.13. The average molecular weight is 519 g/mol. The lowest BCUT2D eigenvalue weighted by Crippen LogP contribution is -2.08. The molecule has 0 bridgehead atoms. The fourth-order valence-corrected chi connectivity index (χ4v) is 4.93. The Morgan fingerprint density at radius 3 is 1.65 bits per heavy atom. The Balaban J connectivity index is 1.27. The van der Waals surface area contributed by atoms with Crippen LogP contribution in [0.3, 0.4) is 0 Å². The third-order valence-corrected chi connectivity index (χ3v) is 6.90. The lowest BCUT2D eigenvalue weighted by atomic mass is 10.1. The van der Waals surface area contributed by atoms with E-state index in [9.17, 15) is 0 Å². The molecule has 0 radical (unpaired) electrons. The van der Waals surface area contributed by atoms with Crippen LogP contribution in [0.15, 0.2) is 134 Å². The number of nitrogens with zero attached hydrogens (tertiary/aromatic N) is 4. The van der Waals surface area contributed by atoms with Crippen LogP contribution in [0.4, 0.5) is 23.3 Å². The number of nitrogens with one attached hydrogen (secondary N) is 2. The summed E-state index contributed by atoms with van der Waals surface area (Å²) < 4.78 is 2.16. The summed E-state index contributed by atoms with van der Waals surface area (Å²) in [5, 5.41) is 11.5. The van der Waals surface area contributed by atoms with E-state index in [0.717, 1.165) is 34.4 Å². The number of hydrogen-bond donors (Lipinski definition) is 2. The molecule has 0 unspecified atom stereocenters. The Labute approximate surface area is 232 Å². The van der Waals surface area contributed by atoms with Crippen LogP contribution in [0.1, 0.15) is 5.56 Å². The molecule has 0 aliphatic rings. The van der Waals surface area contributed by atoms with Gasteiger partial charge in [0.05, 0.1) is 5.69 Å². The minimum absolute atomic E-state index is 0.469. The Bertz CT molecular complexity index is 1840. The first-order valence-corrected chi connectivity index (χ1v) is 13.2. The normalized spacial score (nSPS) is 11.1. The summed E-state index contributed by atoms with van der Waals surface area (Å²) >= 11 is 0. The van der Waals surface area contributed by atoms with Crippen molar-refractivity contribution in [3.8, 4) is 11.5 Å². The minimum atomic E-state index is 0.469. The van der Waals surface area contributed by atoms with Crippen LogP contribution in [0.5, 0.6) is 0 Å². The van der Waals surface area contributed by atoms with Crippen LogP contribution in [0, 0.1) is 0 Å². The molecule has 0 saturated heterocycles. The molecule has 7 aromatic rings. The van der Waals surface area contributed by atoms with Gasteiger partial charge in [0.1, 0.15) is 0 Å². The van der Waals surface area contributed by atoms with Crippen LogP contribution in [0.25, 0.3) is 33.1 Å². The Morgan fingerprint density at radius 2 is 1.05 bits per heavy atom. The average Bonchev–Trinajstić information content (AvgIpc) is 3.45. The molecule has 0 aliphatic heterocycles. The molecule has 2 aromatic heterocycles.